The molecule has 1 aromatic carbocycles. The summed E-state index contributed by atoms with van der Waals surface area (Å²) in [5.74, 6) is -0.467. The number of benzene rings is 1. The Morgan fingerprint density at radius 3 is 2.62 bits per heavy atom. The van der Waals surface area contributed by atoms with Gasteiger partial charge >= 0.3 is 5.97 Å². The van der Waals surface area contributed by atoms with Crippen molar-refractivity contribution in [2.45, 2.75) is 44.9 Å². The number of likely N-dealkylation sites (tertiary alicyclic amines) is 1. The normalized spacial score (nSPS) is 17.0. The van der Waals surface area contributed by atoms with Crippen LogP contribution in [-0.2, 0) is 11.2 Å². The smallest absolute Gasteiger partial charge is 0.303 e. The lowest BCUT2D eigenvalue weighted by molar-refractivity contribution is -0.137. The molecule has 2 heterocycles. The summed E-state index contributed by atoms with van der Waals surface area (Å²) >= 11 is 1.57. The number of hydrogen-bond acceptors (Lipinski definition) is 4. The van der Waals surface area contributed by atoms with Crippen LogP contribution in [0.2, 0.25) is 0 Å². The zero-order valence-corrected chi connectivity index (χ0v) is 17.5. The van der Waals surface area contributed by atoms with Crippen LogP contribution in [-0.4, -0.2) is 41.4 Å². The van der Waals surface area contributed by atoms with E-state index in [0.717, 1.165) is 67.7 Å². The number of aliphatic carboxylic acids is 1. The Kier molecular flexibility index (Phi) is 6.26. The minimum absolute atomic E-state index is 0.233. The van der Waals surface area contributed by atoms with Crippen molar-refractivity contribution in [3.8, 4) is 0 Å². The van der Waals surface area contributed by atoms with Gasteiger partial charge in [0.25, 0.3) is 0 Å². The molecule has 2 aromatic rings. The molecule has 29 heavy (non-hydrogen) atoms. The largest absolute Gasteiger partial charge is 0.481 e. The second-order valence-electron chi connectivity index (χ2n) is 7.95. The molecular weight excluding hydrogens is 382 g/mol. The third kappa shape index (κ3) is 4.51. The standard InChI is InChI=1S/C24H27NO3S/c26-21-16-18-6-3-4-7-19(18)23(20-11-15-29-24(20)21)17-9-13-25(14-10-17)12-5-1-2-8-22(27)28/h3-4,6-7,11,15H,1-2,5,8-10,12-14,16H2,(H,27,28). The lowest BCUT2D eigenvalue weighted by Gasteiger charge is -2.30. The van der Waals surface area contributed by atoms with E-state index in [4.69, 9.17) is 5.11 Å². The summed E-state index contributed by atoms with van der Waals surface area (Å²) in [5.41, 5.74) is 6.26. The highest BCUT2D eigenvalue weighted by molar-refractivity contribution is 7.12. The maximum Gasteiger partial charge on any atom is 0.303 e. The number of fused-ring (bicyclic) bond motifs is 2. The van der Waals surface area contributed by atoms with E-state index in [1.807, 2.05) is 11.4 Å². The monoisotopic (exact) mass is 409 g/mol. The van der Waals surface area contributed by atoms with E-state index >= 15 is 0 Å². The van der Waals surface area contributed by atoms with E-state index in [1.54, 1.807) is 11.3 Å². The van der Waals surface area contributed by atoms with Crippen LogP contribution < -0.4 is 0 Å². The molecule has 5 heteroatoms. The Hall–Kier alpha value is -2.24. The maximum atomic E-state index is 12.8. The van der Waals surface area contributed by atoms with Crippen LogP contribution in [0.1, 0.15) is 64.9 Å². The van der Waals surface area contributed by atoms with Crippen molar-refractivity contribution >= 4 is 28.7 Å². The summed E-state index contributed by atoms with van der Waals surface area (Å²) in [4.78, 5) is 26.8. The molecule has 1 saturated heterocycles. The minimum Gasteiger partial charge on any atom is -0.481 e. The van der Waals surface area contributed by atoms with Gasteiger partial charge in [0.15, 0.2) is 5.78 Å². The van der Waals surface area contributed by atoms with E-state index in [2.05, 4.69) is 29.2 Å². The average molecular weight is 410 g/mol. The van der Waals surface area contributed by atoms with Gasteiger partial charge in [0, 0.05) is 31.5 Å². The highest BCUT2D eigenvalue weighted by atomic mass is 32.1. The molecule has 1 aromatic heterocycles. The summed E-state index contributed by atoms with van der Waals surface area (Å²) in [7, 11) is 0. The Bertz CT molecular complexity index is 933. The molecule has 0 radical (unpaired) electrons. The van der Waals surface area contributed by atoms with E-state index in [9.17, 15) is 9.59 Å². The number of piperidine rings is 1. The van der Waals surface area contributed by atoms with E-state index in [1.165, 1.54) is 16.7 Å². The number of carboxylic acid groups (broad SMARTS) is 1. The molecule has 4 nitrogen and oxygen atoms in total. The van der Waals surface area contributed by atoms with Crippen LogP contribution in [0.5, 0.6) is 0 Å². The molecule has 0 bridgehead atoms. The number of carboxylic acids is 1. The van der Waals surface area contributed by atoms with Crippen molar-refractivity contribution in [2.24, 2.45) is 0 Å². The van der Waals surface area contributed by atoms with Crippen molar-refractivity contribution in [2.75, 3.05) is 19.6 Å². The number of thiophene rings is 1. The van der Waals surface area contributed by atoms with Crippen molar-refractivity contribution in [1.82, 2.24) is 4.90 Å². The molecule has 0 unspecified atom stereocenters. The lowest BCUT2D eigenvalue weighted by Crippen LogP contribution is -2.32. The van der Waals surface area contributed by atoms with Crippen LogP contribution in [0.25, 0.3) is 5.57 Å². The second-order valence-corrected chi connectivity index (χ2v) is 8.86. The minimum atomic E-state index is -0.700. The molecule has 2 aliphatic rings. The van der Waals surface area contributed by atoms with Gasteiger partial charge in [-0.25, -0.2) is 0 Å². The molecule has 152 valence electrons. The Balaban J connectivity index is 1.50. The van der Waals surface area contributed by atoms with Crippen LogP contribution >= 0.6 is 11.3 Å². The number of unbranched alkanes of at least 4 members (excludes halogenated alkanes) is 2. The predicted octanol–water partition coefficient (Wildman–Crippen LogP) is 5.03. The van der Waals surface area contributed by atoms with Crippen LogP contribution in [0.4, 0.5) is 0 Å². The SMILES string of the molecule is O=C(O)CCCCCN1CCC(=C2c3ccccc3CC(=O)c3sccc32)CC1. The number of carbonyl (C=O) groups excluding carboxylic acids is 1. The molecule has 0 saturated carbocycles. The number of nitrogens with zero attached hydrogens (tertiary/aromatic N) is 1. The zero-order valence-electron chi connectivity index (χ0n) is 16.7. The summed E-state index contributed by atoms with van der Waals surface area (Å²) in [6.07, 6.45) is 5.63. The van der Waals surface area contributed by atoms with Crippen molar-refractivity contribution in [3.05, 3.63) is 62.9 Å². The first-order chi connectivity index (χ1) is 14.1. The molecule has 1 aliphatic carbocycles. The fourth-order valence-corrected chi connectivity index (χ4v) is 5.35. The van der Waals surface area contributed by atoms with Crippen LogP contribution in [0.3, 0.4) is 0 Å². The predicted molar refractivity (Wildman–Crippen MR) is 117 cm³/mol. The van der Waals surface area contributed by atoms with Crippen molar-refractivity contribution in [1.29, 1.82) is 0 Å². The Morgan fingerprint density at radius 2 is 1.83 bits per heavy atom. The second kappa shape index (κ2) is 9.06. The fraction of sp³-hybridized carbons (Fsp3) is 0.417. The van der Waals surface area contributed by atoms with Gasteiger partial charge in [0.1, 0.15) is 0 Å². The Morgan fingerprint density at radius 1 is 1.03 bits per heavy atom. The van der Waals surface area contributed by atoms with E-state index < -0.39 is 5.97 Å². The first-order valence-corrected chi connectivity index (χ1v) is 11.4. The van der Waals surface area contributed by atoms with Gasteiger partial charge < -0.3 is 10.0 Å². The van der Waals surface area contributed by atoms with Crippen LogP contribution in [0.15, 0.2) is 41.3 Å². The topological polar surface area (TPSA) is 57.6 Å². The van der Waals surface area contributed by atoms with Gasteiger partial charge in [0.05, 0.1) is 4.88 Å². The quantitative estimate of drug-likeness (QED) is 0.680. The average Bonchev–Trinajstić information content (AvgIpc) is 3.15. The fourth-order valence-electron chi connectivity index (χ4n) is 4.50. The molecule has 0 amide bonds. The summed E-state index contributed by atoms with van der Waals surface area (Å²) in [6, 6.07) is 10.5. The maximum absolute atomic E-state index is 12.8. The van der Waals surface area contributed by atoms with Crippen molar-refractivity contribution < 1.29 is 14.7 Å². The first kappa shape index (κ1) is 20.0. The molecule has 1 fully saturated rings. The zero-order chi connectivity index (χ0) is 20.2. The van der Waals surface area contributed by atoms with Gasteiger partial charge in [-0.15, -0.1) is 11.3 Å². The highest BCUT2D eigenvalue weighted by Gasteiger charge is 2.27. The third-order valence-corrected chi connectivity index (χ3v) is 6.96. The van der Waals surface area contributed by atoms with Gasteiger partial charge in [-0.1, -0.05) is 36.3 Å². The molecule has 4 rings (SSSR count). The van der Waals surface area contributed by atoms with Crippen molar-refractivity contribution in [3.63, 3.8) is 0 Å². The molecule has 0 spiro atoms. The third-order valence-electron chi connectivity index (χ3n) is 6.00. The summed E-state index contributed by atoms with van der Waals surface area (Å²) in [5, 5.41) is 10.8. The number of carbonyl (C=O) groups is 2. The van der Waals surface area contributed by atoms with E-state index in [-0.39, 0.29) is 12.2 Å². The summed E-state index contributed by atoms with van der Waals surface area (Å²) < 4.78 is 0. The summed E-state index contributed by atoms with van der Waals surface area (Å²) in [6.45, 7) is 3.11. The lowest BCUT2D eigenvalue weighted by atomic mass is 9.87. The van der Waals surface area contributed by atoms with Crippen LogP contribution in [0, 0.1) is 0 Å². The molecule has 1 aliphatic heterocycles. The first-order valence-electron chi connectivity index (χ1n) is 10.5. The molecule has 1 N–H and O–H groups in total. The van der Waals surface area contributed by atoms with Gasteiger partial charge in [-0.3, -0.25) is 9.59 Å². The molecular formula is C24H27NO3S. The number of hydrogen-bond donors (Lipinski definition) is 1. The van der Waals surface area contributed by atoms with Gasteiger partial charge in [0.2, 0.25) is 0 Å². The number of ketones is 1. The number of rotatable bonds is 6. The highest BCUT2D eigenvalue weighted by Crippen LogP contribution is 2.40. The molecule has 0 atom stereocenters. The van der Waals surface area contributed by atoms with Gasteiger partial charge in [-0.05, 0) is 60.4 Å². The Labute approximate surface area is 175 Å². The number of Topliss-reactive ketones (excluding diaryl/α,β-unsaturated/α-hetero) is 1. The van der Waals surface area contributed by atoms with E-state index in [0.29, 0.717) is 6.42 Å². The van der Waals surface area contributed by atoms with Gasteiger partial charge in [-0.2, -0.15) is 0 Å².